The van der Waals surface area contributed by atoms with E-state index in [0.717, 1.165) is 0 Å². The summed E-state index contributed by atoms with van der Waals surface area (Å²) in [7, 11) is 0. The van der Waals surface area contributed by atoms with E-state index in [2.05, 4.69) is 5.10 Å². The molecule has 94 valence electrons. The molecule has 4 N–H and O–H groups in total. The highest BCUT2D eigenvalue weighted by molar-refractivity contribution is 6.30. The average Bonchev–Trinajstić information content (AvgIpc) is 2.75. The number of hydrogen-bond donors (Lipinski definition) is 2. The molecule has 0 aliphatic heterocycles. The van der Waals surface area contributed by atoms with Crippen molar-refractivity contribution in [2.45, 2.75) is 12.1 Å². The lowest BCUT2D eigenvalue weighted by atomic mass is 9.90. The molecule has 1 aromatic heterocycles. The summed E-state index contributed by atoms with van der Waals surface area (Å²) in [5.74, 6) is -0.611. The summed E-state index contributed by atoms with van der Waals surface area (Å²) in [6.07, 6.45) is 3.07. The van der Waals surface area contributed by atoms with E-state index in [4.69, 9.17) is 23.1 Å². The molecule has 0 aliphatic carbocycles. The molecule has 0 spiro atoms. The Labute approximate surface area is 109 Å². The summed E-state index contributed by atoms with van der Waals surface area (Å²) in [5, 5.41) is 4.49. The van der Waals surface area contributed by atoms with Gasteiger partial charge in [-0.3, -0.25) is 9.48 Å². The van der Waals surface area contributed by atoms with Crippen molar-refractivity contribution >= 4 is 17.5 Å². The zero-order valence-corrected chi connectivity index (χ0v) is 10.3. The predicted octanol–water partition coefficient (Wildman–Crippen LogP) is 0.876. The number of halogens is 1. The molecule has 1 amide bonds. The van der Waals surface area contributed by atoms with Crippen LogP contribution in [0.25, 0.3) is 0 Å². The number of aromatic nitrogens is 2. The van der Waals surface area contributed by atoms with Gasteiger partial charge in [-0.15, -0.1) is 0 Å². The molecule has 1 heterocycles. The lowest BCUT2D eigenvalue weighted by molar-refractivity contribution is -0.124. The second-order valence-electron chi connectivity index (χ2n) is 4.06. The van der Waals surface area contributed by atoms with E-state index < -0.39 is 11.4 Å². The van der Waals surface area contributed by atoms with Gasteiger partial charge in [0.1, 0.15) is 5.54 Å². The fourth-order valence-electron chi connectivity index (χ4n) is 1.73. The van der Waals surface area contributed by atoms with Gasteiger partial charge in [0.05, 0.1) is 17.8 Å². The molecule has 1 atom stereocenters. The standard InChI is InChI=1S/C12H13ClN4O/c13-10-6-16-17(7-10)8-12(15,11(14)18)9-4-2-1-3-5-9/h1-7H,8,15H2,(H2,14,18). The molecule has 0 aliphatic rings. The van der Waals surface area contributed by atoms with Crippen LogP contribution in [0.2, 0.25) is 5.02 Å². The smallest absolute Gasteiger partial charge is 0.244 e. The van der Waals surface area contributed by atoms with E-state index >= 15 is 0 Å². The van der Waals surface area contributed by atoms with E-state index in [-0.39, 0.29) is 6.54 Å². The number of nitrogens with zero attached hydrogens (tertiary/aromatic N) is 2. The maximum absolute atomic E-state index is 11.7. The van der Waals surface area contributed by atoms with Crippen LogP contribution < -0.4 is 11.5 Å². The monoisotopic (exact) mass is 264 g/mol. The predicted molar refractivity (Wildman–Crippen MR) is 68.7 cm³/mol. The number of rotatable bonds is 4. The van der Waals surface area contributed by atoms with Gasteiger partial charge < -0.3 is 11.5 Å². The molecule has 0 fully saturated rings. The van der Waals surface area contributed by atoms with Crippen molar-refractivity contribution in [3.63, 3.8) is 0 Å². The molecule has 2 aromatic rings. The van der Waals surface area contributed by atoms with Crippen LogP contribution in [0, 0.1) is 0 Å². The molecule has 5 nitrogen and oxygen atoms in total. The fraction of sp³-hybridized carbons (Fsp3) is 0.167. The topological polar surface area (TPSA) is 86.9 Å². The molecule has 0 radical (unpaired) electrons. The second kappa shape index (κ2) is 4.80. The number of amides is 1. The molecule has 1 unspecified atom stereocenters. The summed E-state index contributed by atoms with van der Waals surface area (Å²) in [6.45, 7) is 0.138. The second-order valence-corrected chi connectivity index (χ2v) is 4.49. The van der Waals surface area contributed by atoms with Crippen LogP contribution in [-0.4, -0.2) is 15.7 Å². The highest BCUT2D eigenvalue weighted by atomic mass is 35.5. The summed E-state index contributed by atoms with van der Waals surface area (Å²) >= 11 is 5.77. The van der Waals surface area contributed by atoms with E-state index in [1.54, 1.807) is 30.5 Å². The lowest BCUT2D eigenvalue weighted by Gasteiger charge is -2.26. The van der Waals surface area contributed by atoms with Crippen molar-refractivity contribution in [3.05, 3.63) is 53.3 Å². The van der Waals surface area contributed by atoms with Gasteiger partial charge in [0.15, 0.2) is 0 Å². The van der Waals surface area contributed by atoms with E-state index in [1.165, 1.54) is 10.9 Å². The SMILES string of the molecule is NC(=O)C(N)(Cn1cc(Cl)cn1)c1ccccc1. The minimum absolute atomic E-state index is 0.138. The van der Waals surface area contributed by atoms with Gasteiger partial charge in [0.2, 0.25) is 5.91 Å². The minimum atomic E-state index is -1.31. The third-order valence-electron chi connectivity index (χ3n) is 2.74. The van der Waals surface area contributed by atoms with Crippen LogP contribution >= 0.6 is 11.6 Å². The minimum Gasteiger partial charge on any atom is -0.368 e. The van der Waals surface area contributed by atoms with Gasteiger partial charge in [-0.25, -0.2) is 0 Å². The number of primary amides is 1. The zero-order chi connectivity index (χ0) is 13.2. The van der Waals surface area contributed by atoms with Crippen LogP contribution in [0.3, 0.4) is 0 Å². The number of hydrogen-bond acceptors (Lipinski definition) is 3. The number of carbonyl (C=O) groups is 1. The largest absolute Gasteiger partial charge is 0.368 e. The highest BCUT2D eigenvalue weighted by Gasteiger charge is 2.34. The molecule has 0 bridgehead atoms. The maximum Gasteiger partial charge on any atom is 0.244 e. The van der Waals surface area contributed by atoms with Crippen LogP contribution in [0.4, 0.5) is 0 Å². The molecule has 0 saturated heterocycles. The van der Waals surface area contributed by atoms with Crippen molar-refractivity contribution in [2.75, 3.05) is 0 Å². The Morgan fingerprint density at radius 3 is 2.56 bits per heavy atom. The lowest BCUT2D eigenvalue weighted by Crippen LogP contribution is -2.52. The van der Waals surface area contributed by atoms with Crippen molar-refractivity contribution in [1.29, 1.82) is 0 Å². The number of carbonyl (C=O) groups excluding carboxylic acids is 1. The first kappa shape index (κ1) is 12.6. The quantitative estimate of drug-likeness (QED) is 0.859. The Hall–Kier alpha value is -1.85. The van der Waals surface area contributed by atoms with Crippen LogP contribution in [0.5, 0.6) is 0 Å². The van der Waals surface area contributed by atoms with Crippen LogP contribution in [0.1, 0.15) is 5.56 Å². The molecule has 1 aromatic carbocycles. The zero-order valence-electron chi connectivity index (χ0n) is 9.58. The van der Waals surface area contributed by atoms with E-state index in [9.17, 15) is 4.79 Å². The molecular formula is C12H13ClN4O. The Bertz CT molecular complexity index is 554. The average molecular weight is 265 g/mol. The Balaban J connectivity index is 2.36. The summed E-state index contributed by atoms with van der Waals surface area (Å²) in [5.41, 5.74) is 10.9. The van der Waals surface area contributed by atoms with E-state index in [0.29, 0.717) is 10.6 Å². The molecule has 0 saturated carbocycles. The van der Waals surface area contributed by atoms with Gasteiger partial charge in [-0.05, 0) is 5.56 Å². The Kier molecular flexibility index (Phi) is 3.36. The van der Waals surface area contributed by atoms with Crippen molar-refractivity contribution in [1.82, 2.24) is 9.78 Å². The first-order valence-electron chi connectivity index (χ1n) is 5.34. The van der Waals surface area contributed by atoms with Gasteiger partial charge in [0.25, 0.3) is 0 Å². The summed E-state index contributed by atoms with van der Waals surface area (Å²) < 4.78 is 1.50. The van der Waals surface area contributed by atoms with Gasteiger partial charge in [-0.1, -0.05) is 41.9 Å². The van der Waals surface area contributed by atoms with Crippen molar-refractivity contribution < 1.29 is 4.79 Å². The molecule has 2 rings (SSSR count). The van der Waals surface area contributed by atoms with Crippen molar-refractivity contribution in [2.24, 2.45) is 11.5 Å². The van der Waals surface area contributed by atoms with Gasteiger partial charge in [0, 0.05) is 6.20 Å². The molecule has 18 heavy (non-hydrogen) atoms. The highest BCUT2D eigenvalue weighted by Crippen LogP contribution is 2.20. The molecular weight excluding hydrogens is 252 g/mol. The van der Waals surface area contributed by atoms with Crippen LogP contribution in [-0.2, 0) is 16.9 Å². The summed E-state index contributed by atoms with van der Waals surface area (Å²) in [4.78, 5) is 11.7. The van der Waals surface area contributed by atoms with Gasteiger partial charge in [-0.2, -0.15) is 5.10 Å². The van der Waals surface area contributed by atoms with Crippen molar-refractivity contribution in [3.8, 4) is 0 Å². The maximum atomic E-state index is 11.7. The van der Waals surface area contributed by atoms with E-state index in [1.807, 2.05) is 6.07 Å². The van der Waals surface area contributed by atoms with Gasteiger partial charge >= 0.3 is 0 Å². The summed E-state index contributed by atoms with van der Waals surface area (Å²) in [6, 6.07) is 8.97. The number of benzene rings is 1. The third-order valence-corrected chi connectivity index (χ3v) is 2.94. The Morgan fingerprint density at radius 1 is 1.39 bits per heavy atom. The molecule has 6 heteroatoms. The fourth-order valence-corrected chi connectivity index (χ4v) is 1.88. The first-order chi connectivity index (χ1) is 8.52. The normalized spacial score (nSPS) is 14.1. The third kappa shape index (κ3) is 2.37. The number of nitrogens with two attached hydrogens (primary N) is 2. The Morgan fingerprint density at radius 2 is 2.06 bits per heavy atom. The first-order valence-corrected chi connectivity index (χ1v) is 5.72. The van der Waals surface area contributed by atoms with Crippen LogP contribution in [0.15, 0.2) is 42.7 Å².